The number of Topliss-reactive ketones (excluding diaryl/α,β-unsaturated/α-hetero) is 1. The van der Waals surface area contributed by atoms with E-state index in [9.17, 15) is 14.4 Å². The molecule has 35 heavy (non-hydrogen) atoms. The topological polar surface area (TPSA) is 157 Å². The van der Waals surface area contributed by atoms with Gasteiger partial charge in [0.15, 0.2) is 5.78 Å². The Morgan fingerprint density at radius 3 is 2.49 bits per heavy atom. The van der Waals surface area contributed by atoms with Crippen molar-refractivity contribution in [1.82, 2.24) is 15.2 Å². The normalized spacial score (nSPS) is 12.8. The molecule has 0 fully saturated rings. The Labute approximate surface area is 208 Å². The summed E-state index contributed by atoms with van der Waals surface area (Å²) >= 11 is 1.52. The van der Waals surface area contributed by atoms with E-state index < -0.39 is 18.0 Å². The van der Waals surface area contributed by atoms with Crippen LogP contribution in [0.25, 0.3) is 10.9 Å². The minimum absolute atomic E-state index is 0.113. The first-order valence-corrected chi connectivity index (χ1v) is 12.5. The highest BCUT2D eigenvalue weighted by Crippen LogP contribution is 2.15. The SMILES string of the molecule is NCCN(CCN)C(=O)C[C@H](N)C(=O)N[C@@H](Cc1ccsc1)C(=O)Cc1cnc2ccccc2c1. The lowest BCUT2D eigenvalue weighted by Gasteiger charge is -2.24. The lowest BCUT2D eigenvalue weighted by Crippen LogP contribution is -2.51. The van der Waals surface area contributed by atoms with Crippen LogP contribution in [0.3, 0.4) is 0 Å². The number of pyridine rings is 1. The molecule has 9 nitrogen and oxygen atoms in total. The molecule has 10 heteroatoms. The lowest BCUT2D eigenvalue weighted by molar-refractivity contribution is -0.134. The number of rotatable bonds is 13. The van der Waals surface area contributed by atoms with E-state index in [1.165, 1.54) is 16.2 Å². The van der Waals surface area contributed by atoms with Crippen LogP contribution >= 0.6 is 11.3 Å². The summed E-state index contributed by atoms with van der Waals surface area (Å²) in [4.78, 5) is 44.6. The third-order valence-corrected chi connectivity index (χ3v) is 6.36. The molecule has 0 aliphatic heterocycles. The van der Waals surface area contributed by atoms with E-state index in [2.05, 4.69) is 10.3 Å². The summed E-state index contributed by atoms with van der Waals surface area (Å²) in [6.45, 7) is 1.24. The molecule has 0 radical (unpaired) electrons. The van der Waals surface area contributed by atoms with Gasteiger partial charge in [0, 0.05) is 50.6 Å². The van der Waals surface area contributed by atoms with Crippen LogP contribution in [0.2, 0.25) is 0 Å². The van der Waals surface area contributed by atoms with Crippen molar-refractivity contribution in [1.29, 1.82) is 0 Å². The molecule has 186 valence electrons. The number of benzene rings is 1. The number of nitrogens with two attached hydrogens (primary N) is 3. The van der Waals surface area contributed by atoms with Crippen LogP contribution in [0.1, 0.15) is 17.5 Å². The first-order valence-electron chi connectivity index (χ1n) is 11.5. The molecular weight excluding hydrogens is 464 g/mol. The van der Waals surface area contributed by atoms with E-state index >= 15 is 0 Å². The van der Waals surface area contributed by atoms with E-state index in [0.29, 0.717) is 19.5 Å². The monoisotopic (exact) mass is 496 g/mol. The van der Waals surface area contributed by atoms with Crippen LogP contribution in [-0.4, -0.2) is 65.7 Å². The van der Waals surface area contributed by atoms with E-state index in [0.717, 1.165) is 22.0 Å². The molecule has 0 aliphatic carbocycles. The molecule has 7 N–H and O–H groups in total. The van der Waals surface area contributed by atoms with E-state index in [-0.39, 0.29) is 37.6 Å². The van der Waals surface area contributed by atoms with Gasteiger partial charge >= 0.3 is 0 Å². The fourth-order valence-electron chi connectivity index (χ4n) is 3.79. The predicted octanol–water partition coefficient (Wildman–Crippen LogP) is 0.599. The summed E-state index contributed by atoms with van der Waals surface area (Å²) in [5.74, 6) is -1.01. The van der Waals surface area contributed by atoms with Gasteiger partial charge in [-0.25, -0.2) is 0 Å². The number of fused-ring (bicyclic) bond motifs is 1. The Morgan fingerprint density at radius 2 is 1.80 bits per heavy atom. The highest BCUT2D eigenvalue weighted by atomic mass is 32.1. The maximum absolute atomic E-state index is 13.3. The average molecular weight is 497 g/mol. The van der Waals surface area contributed by atoms with Gasteiger partial charge < -0.3 is 27.4 Å². The molecular formula is C25H32N6O3S. The molecule has 0 saturated carbocycles. The number of nitrogens with one attached hydrogen (secondary N) is 1. The quantitative estimate of drug-likeness (QED) is 0.270. The number of ketones is 1. The molecule has 3 aromatic rings. The standard InChI is InChI=1S/C25H32N6O3S/c26-6-8-31(9-7-27)24(33)14-20(28)25(34)30-22(12-17-5-10-35-16-17)23(32)13-18-11-19-3-1-2-4-21(19)29-15-18/h1-5,10-11,15-16,20,22H,6-9,12-14,26-28H2,(H,30,34)/t20-,22-/m0/s1. The Hall–Kier alpha value is -3.18. The molecule has 0 unspecified atom stereocenters. The number of para-hydroxylation sites is 1. The summed E-state index contributed by atoms with van der Waals surface area (Å²) in [5, 5.41) is 7.56. The molecule has 2 atom stereocenters. The number of hydrogen-bond donors (Lipinski definition) is 4. The number of thiophene rings is 1. The third kappa shape index (κ3) is 7.66. The van der Waals surface area contributed by atoms with Gasteiger partial charge in [0.25, 0.3) is 0 Å². The summed E-state index contributed by atoms with van der Waals surface area (Å²) in [6.07, 6.45) is 1.93. The molecule has 2 amide bonds. The molecule has 3 rings (SSSR count). The van der Waals surface area contributed by atoms with Crippen LogP contribution in [-0.2, 0) is 27.2 Å². The largest absolute Gasteiger partial charge is 0.345 e. The molecule has 0 bridgehead atoms. The predicted molar refractivity (Wildman–Crippen MR) is 138 cm³/mol. The van der Waals surface area contributed by atoms with Crippen molar-refractivity contribution in [3.63, 3.8) is 0 Å². The third-order valence-electron chi connectivity index (χ3n) is 5.63. The Balaban J connectivity index is 1.69. The molecule has 1 aromatic carbocycles. The minimum atomic E-state index is -1.10. The first-order chi connectivity index (χ1) is 16.9. The fraction of sp³-hybridized carbons (Fsp3) is 0.360. The Kier molecular flexibility index (Phi) is 9.86. The van der Waals surface area contributed by atoms with Gasteiger partial charge in [-0.15, -0.1) is 0 Å². The van der Waals surface area contributed by atoms with Crippen molar-refractivity contribution in [2.45, 2.75) is 31.3 Å². The first kappa shape index (κ1) is 26.4. The fourth-order valence-corrected chi connectivity index (χ4v) is 4.47. The van der Waals surface area contributed by atoms with Crippen molar-refractivity contribution < 1.29 is 14.4 Å². The zero-order valence-corrected chi connectivity index (χ0v) is 20.4. The van der Waals surface area contributed by atoms with Gasteiger partial charge in [0.1, 0.15) is 0 Å². The van der Waals surface area contributed by atoms with Gasteiger partial charge in [-0.2, -0.15) is 11.3 Å². The zero-order valence-electron chi connectivity index (χ0n) is 19.6. The van der Waals surface area contributed by atoms with Crippen molar-refractivity contribution in [3.05, 3.63) is 64.5 Å². The summed E-state index contributed by atoms with van der Waals surface area (Å²) in [6, 6.07) is 9.63. The Bertz CT molecular complexity index is 1130. The molecule has 0 spiro atoms. The van der Waals surface area contributed by atoms with Crippen molar-refractivity contribution in [3.8, 4) is 0 Å². The molecule has 0 aliphatic rings. The second kappa shape index (κ2) is 13.1. The maximum atomic E-state index is 13.3. The highest BCUT2D eigenvalue weighted by molar-refractivity contribution is 7.07. The summed E-state index contributed by atoms with van der Waals surface area (Å²) in [7, 11) is 0. The number of nitrogens with zero attached hydrogens (tertiary/aromatic N) is 2. The smallest absolute Gasteiger partial charge is 0.238 e. The molecule has 2 heterocycles. The van der Waals surface area contributed by atoms with E-state index in [1.54, 1.807) is 6.20 Å². The highest BCUT2D eigenvalue weighted by Gasteiger charge is 2.27. The van der Waals surface area contributed by atoms with Crippen molar-refractivity contribution in [2.75, 3.05) is 26.2 Å². The van der Waals surface area contributed by atoms with Gasteiger partial charge in [0.05, 0.1) is 24.0 Å². The van der Waals surface area contributed by atoms with E-state index in [4.69, 9.17) is 17.2 Å². The summed E-state index contributed by atoms with van der Waals surface area (Å²) in [5.41, 5.74) is 19.7. The van der Waals surface area contributed by atoms with Crippen LogP contribution in [0, 0.1) is 0 Å². The summed E-state index contributed by atoms with van der Waals surface area (Å²) < 4.78 is 0. The average Bonchev–Trinajstić information content (AvgIpc) is 3.36. The maximum Gasteiger partial charge on any atom is 0.238 e. The van der Waals surface area contributed by atoms with Gasteiger partial charge in [-0.3, -0.25) is 19.4 Å². The van der Waals surface area contributed by atoms with Crippen molar-refractivity contribution >= 4 is 39.8 Å². The van der Waals surface area contributed by atoms with E-state index in [1.807, 2.05) is 47.2 Å². The van der Waals surface area contributed by atoms with Crippen LogP contribution in [0.4, 0.5) is 0 Å². The second-order valence-electron chi connectivity index (χ2n) is 8.35. The van der Waals surface area contributed by atoms with Gasteiger partial charge in [0.2, 0.25) is 11.8 Å². The second-order valence-corrected chi connectivity index (χ2v) is 9.13. The number of amides is 2. The van der Waals surface area contributed by atoms with Crippen LogP contribution in [0.5, 0.6) is 0 Å². The minimum Gasteiger partial charge on any atom is -0.345 e. The van der Waals surface area contributed by atoms with Crippen LogP contribution in [0.15, 0.2) is 53.4 Å². The number of carbonyl (C=O) groups excluding carboxylic acids is 3. The van der Waals surface area contributed by atoms with Gasteiger partial charge in [-0.1, -0.05) is 18.2 Å². The zero-order chi connectivity index (χ0) is 25.2. The lowest BCUT2D eigenvalue weighted by atomic mass is 9.98. The Morgan fingerprint density at radius 1 is 1.06 bits per heavy atom. The number of aromatic nitrogens is 1. The van der Waals surface area contributed by atoms with Crippen LogP contribution < -0.4 is 22.5 Å². The van der Waals surface area contributed by atoms with Gasteiger partial charge in [-0.05, 0) is 40.1 Å². The molecule has 0 saturated heterocycles. The number of hydrogen-bond acceptors (Lipinski definition) is 8. The number of carbonyl (C=O) groups is 3. The molecule has 2 aromatic heterocycles. The van der Waals surface area contributed by atoms with Crippen molar-refractivity contribution in [2.24, 2.45) is 17.2 Å².